The van der Waals surface area contributed by atoms with Crippen molar-refractivity contribution in [2.75, 3.05) is 0 Å². The van der Waals surface area contributed by atoms with Crippen molar-refractivity contribution < 1.29 is 9.90 Å². The molecule has 4 heteroatoms. The Morgan fingerprint density at radius 1 is 1.31 bits per heavy atom. The second kappa shape index (κ2) is 4.10. The average molecular weight is 214 g/mol. The number of benzene rings is 1. The van der Waals surface area contributed by atoms with Crippen molar-refractivity contribution in [2.45, 2.75) is 6.92 Å². The third-order valence-electron chi connectivity index (χ3n) is 2.34. The van der Waals surface area contributed by atoms with E-state index in [4.69, 9.17) is 5.11 Å². The maximum absolute atomic E-state index is 11.0. The van der Waals surface area contributed by atoms with Gasteiger partial charge >= 0.3 is 5.97 Å². The van der Waals surface area contributed by atoms with Crippen molar-refractivity contribution in [3.8, 4) is 11.3 Å². The zero-order valence-corrected chi connectivity index (χ0v) is 8.71. The Morgan fingerprint density at radius 2 is 2.06 bits per heavy atom. The molecule has 2 rings (SSSR count). The van der Waals surface area contributed by atoms with Crippen LogP contribution in [0.2, 0.25) is 0 Å². The molecule has 0 spiro atoms. The molecule has 0 amide bonds. The van der Waals surface area contributed by atoms with Gasteiger partial charge in [-0.3, -0.25) is 0 Å². The van der Waals surface area contributed by atoms with Crippen molar-refractivity contribution in [2.24, 2.45) is 0 Å². The maximum atomic E-state index is 11.0. The zero-order chi connectivity index (χ0) is 11.5. The summed E-state index contributed by atoms with van der Waals surface area (Å²) >= 11 is 0. The predicted octanol–water partition coefficient (Wildman–Crippen LogP) is 2.15. The Balaban J connectivity index is 2.65. The third kappa shape index (κ3) is 1.77. The number of nitrogens with zero attached hydrogens (tertiary/aromatic N) is 2. The van der Waals surface area contributed by atoms with Crippen LogP contribution in [0.15, 0.2) is 36.8 Å². The summed E-state index contributed by atoms with van der Waals surface area (Å²) in [7, 11) is 0. The SMILES string of the molecule is Cc1ccccc1-c1ncncc1C(=O)O. The van der Waals surface area contributed by atoms with E-state index in [1.165, 1.54) is 12.5 Å². The summed E-state index contributed by atoms with van der Waals surface area (Å²) in [6.45, 7) is 1.92. The lowest BCUT2D eigenvalue weighted by Gasteiger charge is -2.06. The Labute approximate surface area is 92.6 Å². The zero-order valence-electron chi connectivity index (χ0n) is 8.71. The molecular formula is C12H10N2O2. The van der Waals surface area contributed by atoms with Crippen LogP contribution in [0.1, 0.15) is 15.9 Å². The minimum absolute atomic E-state index is 0.122. The van der Waals surface area contributed by atoms with Crippen LogP contribution in [0.25, 0.3) is 11.3 Å². The van der Waals surface area contributed by atoms with E-state index < -0.39 is 5.97 Å². The molecule has 0 atom stereocenters. The van der Waals surface area contributed by atoms with Crippen LogP contribution in [0.3, 0.4) is 0 Å². The van der Waals surface area contributed by atoms with E-state index in [0.717, 1.165) is 11.1 Å². The van der Waals surface area contributed by atoms with E-state index in [1.54, 1.807) is 0 Å². The fourth-order valence-electron chi connectivity index (χ4n) is 1.54. The number of aryl methyl sites for hydroxylation is 1. The van der Waals surface area contributed by atoms with Crippen molar-refractivity contribution in [3.05, 3.63) is 47.9 Å². The molecule has 0 unspecified atom stereocenters. The van der Waals surface area contributed by atoms with Gasteiger partial charge < -0.3 is 5.11 Å². The minimum atomic E-state index is -1.01. The molecule has 0 radical (unpaired) electrons. The van der Waals surface area contributed by atoms with E-state index in [1.807, 2.05) is 31.2 Å². The fraction of sp³-hybridized carbons (Fsp3) is 0.0833. The van der Waals surface area contributed by atoms with Crippen LogP contribution in [0.4, 0.5) is 0 Å². The summed E-state index contributed by atoms with van der Waals surface area (Å²) < 4.78 is 0. The summed E-state index contributed by atoms with van der Waals surface area (Å²) in [6, 6.07) is 7.53. The highest BCUT2D eigenvalue weighted by molar-refractivity contribution is 5.94. The molecular weight excluding hydrogens is 204 g/mol. The highest BCUT2D eigenvalue weighted by atomic mass is 16.4. The van der Waals surface area contributed by atoms with Crippen LogP contribution < -0.4 is 0 Å². The summed E-state index contributed by atoms with van der Waals surface area (Å²) in [5, 5.41) is 9.04. The van der Waals surface area contributed by atoms with Crippen molar-refractivity contribution in [1.82, 2.24) is 9.97 Å². The number of carboxylic acids is 1. The van der Waals surface area contributed by atoms with E-state index in [9.17, 15) is 4.79 Å². The maximum Gasteiger partial charge on any atom is 0.339 e. The van der Waals surface area contributed by atoms with E-state index in [-0.39, 0.29) is 5.56 Å². The van der Waals surface area contributed by atoms with Gasteiger partial charge in [0.25, 0.3) is 0 Å². The van der Waals surface area contributed by atoms with Gasteiger partial charge in [0.05, 0.1) is 5.69 Å². The van der Waals surface area contributed by atoms with Crippen molar-refractivity contribution in [3.63, 3.8) is 0 Å². The predicted molar refractivity (Wildman–Crippen MR) is 59.2 cm³/mol. The number of rotatable bonds is 2. The van der Waals surface area contributed by atoms with Gasteiger partial charge in [-0.05, 0) is 12.5 Å². The summed E-state index contributed by atoms with van der Waals surface area (Å²) in [6.07, 6.45) is 2.67. The fourth-order valence-corrected chi connectivity index (χ4v) is 1.54. The first-order valence-electron chi connectivity index (χ1n) is 4.79. The van der Waals surface area contributed by atoms with Crippen LogP contribution in [-0.2, 0) is 0 Å². The lowest BCUT2D eigenvalue weighted by molar-refractivity contribution is 0.0697. The minimum Gasteiger partial charge on any atom is -0.478 e. The van der Waals surface area contributed by atoms with Gasteiger partial charge in [0.1, 0.15) is 11.9 Å². The average Bonchev–Trinajstić information content (AvgIpc) is 2.29. The Kier molecular flexibility index (Phi) is 2.64. The van der Waals surface area contributed by atoms with Crippen molar-refractivity contribution >= 4 is 5.97 Å². The van der Waals surface area contributed by atoms with Crippen LogP contribution in [0.5, 0.6) is 0 Å². The van der Waals surface area contributed by atoms with E-state index in [2.05, 4.69) is 9.97 Å². The van der Waals surface area contributed by atoms with Crippen LogP contribution in [0, 0.1) is 6.92 Å². The first-order chi connectivity index (χ1) is 7.70. The Hall–Kier alpha value is -2.23. The molecule has 80 valence electrons. The largest absolute Gasteiger partial charge is 0.478 e. The molecule has 0 saturated heterocycles. The summed E-state index contributed by atoms with van der Waals surface area (Å²) in [5.74, 6) is -1.01. The summed E-state index contributed by atoms with van der Waals surface area (Å²) in [4.78, 5) is 18.8. The molecule has 0 fully saturated rings. The number of aromatic nitrogens is 2. The lowest BCUT2D eigenvalue weighted by atomic mass is 10.0. The molecule has 1 N–H and O–H groups in total. The number of carboxylic acid groups (broad SMARTS) is 1. The monoisotopic (exact) mass is 214 g/mol. The van der Waals surface area contributed by atoms with Crippen molar-refractivity contribution in [1.29, 1.82) is 0 Å². The lowest BCUT2D eigenvalue weighted by Crippen LogP contribution is -2.03. The molecule has 0 saturated carbocycles. The van der Waals surface area contributed by atoms with Gasteiger partial charge in [-0.25, -0.2) is 14.8 Å². The Morgan fingerprint density at radius 3 is 2.75 bits per heavy atom. The van der Waals surface area contributed by atoms with Crippen LogP contribution >= 0.6 is 0 Å². The molecule has 0 aliphatic heterocycles. The first kappa shape index (κ1) is 10.3. The number of hydrogen-bond acceptors (Lipinski definition) is 3. The molecule has 0 bridgehead atoms. The highest BCUT2D eigenvalue weighted by Gasteiger charge is 2.14. The first-order valence-corrected chi connectivity index (χ1v) is 4.79. The van der Waals surface area contributed by atoms with Gasteiger partial charge in [0.2, 0.25) is 0 Å². The molecule has 0 aliphatic rings. The third-order valence-corrected chi connectivity index (χ3v) is 2.34. The molecule has 0 aliphatic carbocycles. The van der Waals surface area contributed by atoms with Gasteiger partial charge in [-0.2, -0.15) is 0 Å². The number of carbonyl (C=O) groups is 1. The van der Waals surface area contributed by atoms with Crippen LogP contribution in [-0.4, -0.2) is 21.0 Å². The molecule has 2 aromatic rings. The van der Waals surface area contributed by atoms with Gasteiger partial charge in [0.15, 0.2) is 0 Å². The quantitative estimate of drug-likeness (QED) is 0.831. The molecule has 1 aromatic heterocycles. The normalized spacial score (nSPS) is 10.1. The highest BCUT2D eigenvalue weighted by Crippen LogP contribution is 2.23. The van der Waals surface area contributed by atoms with Gasteiger partial charge in [-0.15, -0.1) is 0 Å². The van der Waals surface area contributed by atoms with Gasteiger partial charge in [-0.1, -0.05) is 24.3 Å². The molecule has 1 heterocycles. The second-order valence-electron chi connectivity index (χ2n) is 3.41. The van der Waals surface area contributed by atoms with Gasteiger partial charge in [0, 0.05) is 11.8 Å². The second-order valence-corrected chi connectivity index (χ2v) is 3.41. The number of hydrogen-bond donors (Lipinski definition) is 1. The van der Waals surface area contributed by atoms with E-state index >= 15 is 0 Å². The Bertz CT molecular complexity index is 538. The topological polar surface area (TPSA) is 63.1 Å². The van der Waals surface area contributed by atoms with E-state index in [0.29, 0.717) is 5.69 Å². The molecule has 16 heavy (non-hydrogen) atoms. The number of aromatic carboxylic acids is 1. The standard InChI is InChI=1S/C12H10N2O2/c1-8-4-2-3-5-9(8)11-10(12(15)16)6-13-7-14-11/h2-7H,1H3,(H,15,16). The summed E-state index contributed by atoms with van der Waals surface area (Å²) in [5.41, 5.74) is 2.39. The smallest absolute Gasteiger partial charge is 0.339 e. The molecule has 1 aromatic carbocycles. The molecule has 4 nitrogen and oxygen atoms in total.